The lowest BCUT2D eigenvalue weighted by molar-refractivity contribution is -0.0372. The molecule has 2 heterocycles. The maximum atomic E-state index is 7.17. The topological polar surface area (TPSA) is 36.9 Å². The zero-order valence-corrected chi connectivity index (χ0v) is 20.1. The van der Waals surface area contributed by atoms with Crippen LogP contribution in [0.3, 0.4) is 0 Å². The normalized spacial score (nSPS) is 31.3. The van der Waals surface area contributed by atoms with Crippen molar-refractivity contribution in [1.82, 2.24) is 0 Å². The zero-order valence-electron chi connectivity index (χ0n) is 18.1. The third kappa shape index (κ3) is 4.05. The van der Waals surface area contributed by atoms with E-state index in [-0.39, 0.29) is 18.3 Å². The predicted molar refractivity (Wildman–Crippen MR) is 112 cm³/mol. The van der Waals surface area contributed by atoms with Gasteiger partial charge < -0.3 is 17.7 Å². The van der Waals surface area contributed by atoms with E-state index in [1.165, 1.54) is 0 Å². The van der Waals surface area contributed by atoms with Crippen LogP contribution in [0.25, 0.3) is 0 Å². The van der Waals surface area contributed by atoms with Gasteiger partial charge in [-0.15, -0.1) is 6.58 Å². The van der Waals surface area contributed by atoms with Crippen molar-refractivity contribution in [3.63, 3.8) is 0 Å². The molecule has 0 unspecified atom stereocenters. The maximum absolute atomic E-state index is 7.17. The van der Waals surface area contributed by atoms with Gasteiger partial charge >= 0.3 is 17.1 Å². The molecule has 0 spiro atoms. The highest BCUT2D eigenvalue weighted by Crippen LogP contribution is 2.47. The fourth-order valence-corrected chi connectivity index (χ4v) is 15.8. The van der Waals surface area contributed by atoms with Crippen LogP contribution in [-0.4, -0.2) is 42.0 Å². The highest BCUT2D eigenvalue weighted by atomic mass is 28.5. The zero-order chi connectivity index (χ0) is 19.7. The van der Waals surface area contributed by atoms with Gasteiger partial charge in [0.1, 0.15) is 6.10 Å². The van der Waals surface area contributed by atoms with E-state index >= 15 is 0 Å². The summed E-state index contributed by atoms with van der Waals surface area (Å²) in [5, 5.41) is 0. The molecule has 2 aliphatic rings. The van der Waals surface area contributed by atoms with Crippen LogP contribution in [-0.2, 0) is 17.7 Å². The van der Waals surface area contributed by atoms with Gasteiger partial charge in [-0.25, -0.2) is 0 Å². The average molecular weight is 401 g/mol. The first-order valence-corrected chi connectivity index (χ1v) is 14.3. The molecule has 0 aromatic carbocycles. The lowest BCUT2D eigenvalue weighted by atomic mass is 10.1. The van der Waals surface area contributed by atoms with Crippen molar-refractivity contribution in [2.24, 2.45) is 0 Å². The van der Waals surface area contributed by atoms with Gasteiger partial charge in [0.15, 0.2) is 0 Å². The Morgan fingerprint density at radius 1 is 0.885 bits per heavy atom. The molecule has 0 N–H and O–H groups in total. The summed E-state index contributed by atoms with van der Waals surface area (Å²) in [5.74, 6) is 0. The van der Waals surface area contributed by atoms with Crippen molar-refractivity contribution in [2.75, 3.05) is 6.61 Å². The Kier molecular flexibility index (Phi) is 7.36. The smallest absolute Gasteiger partial charge is 0.335 e. The molecule has 26 heavy (non-hydrogen) atoms. The molecule has 0 aromatic rings. The maximum Gasteiger partial charge on any atom is 0.335 e. The Labute approximate surface area is 163 Å². The van der Waals surface area contributed by atoms with E-state index in [1.807, 2.05) is 6.08 Å². The number of hydrogen-bond acceptors (Lipinski definition) is 4. The standard InChI is InChI=1S/C20H40O4Si2/c1-10-11-18-12-19-20(22-18)13-21-25(14(2)3,15(4)5)24-26(23-19,16(6)7)17(8)9/h10,14-20H,1,11-13H2,2-9H3/t18-,19-,20+/m0/s1. The van der Waals surface area contributed by atoms with Crippen LogP contribution in [0.4, 0.5) is 0 Å². The summed E-state index contributed by atoms with van der Waals surface area (Å²) in [6.45, 7) is 22.5. The molecule has 4 nitrogen and oxygen atoms in total. The van der Waals surface area contributed by atoms with Crippen molar-refractivity contribution < 1.29 is 17.7 Å². The van der Waals surface area contributed by atoms with Crippen LogP contribution in [0.1, 0.15) is 68.2 Å². The molecule has 0 aliphatic carbocycles. The molecule has 0 saturated carbocycles. The Morgan fingerprint density at radius 3 is 1.88 bits per heavy atom. The molecule has 2 aliphatic heterocycles. The molecule has 0 radical (unpaired) electrons. The van der Waals surface area contributed by atoms with E-state index in [2.05, 4.69) is 62.0 Å². The molecular formula is C20H40O4Si2. The molecular weight excluding hydrogens is 360 g/mol. The first kappa shape index (κ1) is 22.3. The van der Waals surface area contributed by atoms with Crippen molar-refractivity contribution in [2.45, 2.75) is 109 Å². The summed E-state index contributed by atoms with van der Waals surface area (Å²) >= 11 is 0. The number of rotatable bonds is 6. The minimum atomic E-state index is -2.49. The second kappa shape index (κ2) is 8.58. The summed E-state index contributed by atoms with van der Waals surface area (Å²) in [4.78, 5) is 0. The summed E-state index contributed by atoms with van der Waals surface area (Å²) in [6, 6.07) is 0. The second-order valence-electron chi connectivity index (χ2n) is 9.19. The van der Waals surface area contributed by atoms with Gasteiger partial charge in [-0.2, -0.15) is 0 Å². The third-order valence-electron chi connectivity index (χ3n) is 6.05. The van der Waals surface area contributed by atoms with Gasteiger partial charge in [-0.3, -0.25) is 0 Å². The fraction of sp³-hybridized carbons (Fsp3) is 0.900. The van der Waals surface area contributed by atoms with Crippen LogP contribution in [0.2, 0.25) is 22.2 Å². The van der Waals surface area contributed by atoms with Crippen molar-refractivity contribution >= 4 is 17.1 Å². The molecule has 2 fully saturated rings. The highest BCUT2D eigenvalue weighted by molar-refractivity contribution is 6.83. The Hall–Kier alpha value is 0.0138. The minimum absolute atomic E-state index is 0.0117. The van der Waals surface area contributed by atoms with Crippen LogP contribution in [0, 0.1) is 0 Å². The van der Waals surface area contributed by atoms with Crippen LogP contribution in [0.5, 0.6) is 0 Å². The van der Waals surface area contributed by atoms with E-state index in [4.69, 9.17) is 17.7 Å². The first-order valence-electron chi connectivity index (χ1n) is 10.4. The largest absolute Gasteiger partial charge is 0.414 e. The molecule has 152 valence electrons. The quantitative estimate of drug-likeness (QED) is 0.425. The van der Waals surface area contributed by atoms with Gasteiger partial charge in [0, 0.05) is 6.42 Å². The van der Waals surface area contributed by atoms with Crippen molar-refractivity contribution in [1.29, 1.82) is 0 Å². The number of fused-ring (bicyclic) bond motifs is 1. The van der Waals surface area contributed by atoms with Crippen molar-refractivity contribution in [3.05, 3.63) is 12.7 Å². The van der Waals surface area contributed by atoms with Crippen LogP contribution in [0.15, 0.2) is 12.7 Å². The molecule has 6 heteroatoms. The van der Waals surface area contributed by atoms with Gasteiger partial charge in [-0.1, -0.05) is 61.5 Å². The monoisotopic (exact) mass is 400 g/mol. The summed E-state index contributed by atoms with van der Waals surface area (Å²) in [6.07, 6.45) is 3.99. The molecule has 0 bridgehead atoms. The Balaban J connectivity index is 2.45. The average Bonchev–Trinajstić information content (AvgIpc) is 2.88. The van der Waals surface area contributed by atoms with E-state index in [1.54, 1.807) is 0 Å². The van der Waals surface area contributed by atoms with E-state index in [9.17, 15) is 0 Å². The van der Waals surface area contributed by atoms with Gasteiger partial charge in [0.25, 0.3) is 0 Å². The molecule has 0 amide bonds. The van der Waals surface area contributed by atoms with Crippen molar-refractivity contribution in [3.8, 4) is 0 Å². The lowest BCUT2D eigenvalue weighted by Crippen LogP contribution is -2.65. The highest BCUT2D eigenvalue weighted by Gasteiger charge is 2.59. The fourth-order valence-electron chi connectivity index (χ4n) is 4.57. The van der Waals surface area contributed by atoms with Crippen LogP contribution < -0.4 is 0 Å². The molecule has 3 atom stereocenters. The summed E-state index contributed by atoms with van der Waals surface area (Å²) < 4.78 is 27.2. The summed E-state index contributed by atoms with van der Waals surface area (Å²) in [7, 11) is -4.93. The first-order chi connectivity index (χ1) is 12.1. The van der Waals surface area contributed by atoms with E-state index in [0.29, 0.717) is 28.8 Å². The van der Waals surface area contributed by atoms with Gasteiger partial charge in [0.05, 0.1) is 18.8 Å². The number of hydrogen-bond donors (Lipinski definition) is 0. The third-order valence-corrected chi connectivity index (χ3v) is 16.3. The van der Waals surface area contributed by atoms with Gasteiger partial charge in [0.2, 0.25) is 0 Å². The predicted octanol–water partition coefficient (Wildman–Crippen LogP) is 5.68. The van der Waals surface area contributed by atoms with Crippen LogP contribution >= 0.6 is 0 Å². The summed E-state index contributed by atoms with van der Waals surface area (Å²) in [5.41, 5.74) is 1.48. The molecule has 2 rings (SSSR count). The molecule has 2 saturated heterocycles. The lowest BCUT2D eigenvalue weighted by Gasteiger charge is -2.51. The van der Waals surface area contributed by atoms with E-state index in [0.717, 1.165) is 12.8 Å². The Bertz CT molecular complexity index is 462. The van der Waals surface area contributed by atoms with E-state index < -0.39 is 17.1 Å². The SMILES string of the molecule is C=CC[C@H]1C[C@@H]2O[Si](C(C)C)(C(C)C)O[Si](C(C)C)(C(C)C)OC[C@H]2O1. The molecule has 0 aromatic heterocycles. The number of ether oxygens (including phenoxy) is 1. The Morgan fingerprint density at radius 2 is 1.42 bits per heavy atom. The second-order valence-corrected chi connectivity index (χ2v) is 18.0. The minimum Gasteiger partial charge on any atom is -0.414 e. The van der Waals surface area contributed by atoms with Gasteiger partial charge in [-0.05, 0) is 28.6 Å².